The summed E-state index contributed by atoms with van der Waals surface area (Å²) in [6, 6.07) is 11.1. The van der Waals surface area contributed by atoms with E-state index >= 15 is 0 Å². The van der Waals surface area contributed by atoms with Gasteiger partial charge in [-0.25, -0.2) is 0 Å². The number of nitrogens with zero attached hydrogens (tertiary/aromatic N) is 1. The third kappa shape index (κ3) is 3.28. The number of aliphatic hydroxyl groups is 1. The SMILES string of the molecule is OC(Cc1ccc(Br)cc1Cl)c1ccccn1. The highest BCUT2D eigenvalue weighted by molar-refractivity contribution is 9.10. The summed E-state index contributed by atoms with van der Waals surface area (Å²) in [6.45, 7) is 0. The molecule has 1 N–H and O–H groups in total. The highest BCUT2D eigenvalue weighted by atomic mass is 79.9. The minimum atomic E-state index is -0.630. The summed E-state index contributed by atoms with van der Waals surface area (Å²) >= 11 is 9.45. The molecule has 0 saturated carbocycles. The molecule has 0 saturated heterocycles. The van der Waals surface area contributed by atoms with Crippen LogP contribution in [0.5, 0.6) is 0 Å². The van der Waals surface area contributed by atoms with Gasteiger partial charge in [0.2, 0.25) is 0 Å². The first-order valence-electron chi connectivity index (χ1n) is 5.20. The highest BCUT2D eigenvalue weighted by Crippen LogP contribution is 2.25. The van der Waals surface area contributed by atoms with Gasteiger partial charge in [0.25, 0.3) is 0 Å². The molecule has 4 heteroatoms. The van der Waals surface area contributed by atoms with E-state index < -0.39 is 6.10 Å². The predicted molar refractivity (Wildman–Crippen MR) is 72.1 cm³/mol. The van der Waals surface area contributed by atoms with Gasteiger partial charge in [0, 0.05) is 22.1 Å². The highest BCUT2D eigenvalue weighted by Gasteiger charge is 2.11. The van der Waals surface area contributed by atoms with Gasteiger partial charge in [-0.3, -0.25) is 4.98 Å². The summed E-state index contributed by atoms with van der Waals surface area (Å²) in [4.78, 5) is 4.12. The van der Waals surface area contributed by atoms with Crippen LogP contribution < -0.4 is 0 Å². The quantitative estimate of drug-likeness (QED) is 0.936. The minimum Gasteiger partial charge on any atom is -0.386 e. The lowest BCUT2D eigenvalue weighted by Crippen LogP contribution is -2.04. The van der Waals surface area contributed by atoms with Crippen LogP contribution in [0, 0.1) is 0 Å². The molecule has 0 aliphatic rings. The number of benzene rings is 1. The maximum atomic E-state index is 10.0. The molecule has 0 amide bonds. The van der Waals surface area contributed by atoms with Gasteiger partial charge in [0.15, 0.2) is 0 Å². The Bertz CT molecular complexity index is 504. The van der Waals surface area contributed by atoms with Crippen LogP contribution in [0.3, 0.4) is 0 Å². The van der Waals surface area contributed by atoms with E-state index in [1.54, 1.807) is 12.3 Å². The van der Waals surface area contributed by atoms with E-state index in [2.05, 4.69) is 20.9 Å². The van der Waals surface area contributed by atoms with E-state index in [-0.39, 0.29) is 0 Å². The standard InChI is InChI=1S/C13H11BrClNO/c14-10-5-4-9(11(15)8-10)7-13(17)12-3-1-2-6-16-12/h1-6,8,13,17H,7H2. The zero-order valence-electron chi connectivity index (χ0n) is 8.98. The maximum absolute atomic E-state index is 10.0. The Morgan fingerprint density at radius 1 is 1.29 bits per heavy atom. The third-order valence-corrected chi connectivity index (χ3v) is 3.30. The molecule has 0 spiro atoms. The first-order valence-corrected chi connectivity index (χ1v) is 6.37. The Morgan fingerprint density at radius 2 is 2.12 bits per heavy atom. The topological polar surface area (TPSA) is 33.1 Å². The summed E-state index contributed by atoms with van der Waals surface area (Å²) in [6.07, 6.45) is 1.50. The molecule has 88 valence electrons. The minimum absolute atomic E-state index is 0.461. The molecule has 1 aromatic carbocycles. The largest absolute Gasteiger partial charge is 0.386 e. The van der Waals surface area contributed by atoms with Gasteiger partial charge in [-0.1, -0.05) is 39.7 Å². The Kier molecular flexibility index (Phi) is 4.15. The van der Waals surface area contributed by atoms with Crippen LogP contribution in [0.2, 0.25) is 5.02 Å². The summed E-state index contributed by atoms with van der Waals surface area (Å²) in [5.41, 5.74) is 1.57. The lowest BCUT2D eigenvalue weighted by Gasteiger charge is -2.11. The van der Waals surface area contributed by atoms with Crippen molar-refractivity contribution in [3.63, 3.8) is 0 Å². The van der Waals surface area contributed by atoms with Crippen molar-refractivity contribution in [2.24, 2.45) is 0 Å². The van der Waals surface area contributed by atoms with Crippen molar-refractivity contribution >= 4 is 27.5 Å². The van der Waals surface area contributed by atoms with Crippen LogP contribution in [0.15, 0.2) is 47.1 Å². The molecule has 1 aromatic heterocycles. The van der Waals surface area contributed by atoms with Crippen LogP contribution in [0.1, 0.15) is 17.4 Å². The van der Waals surface area contributed by atoms with Gasteiger partial charge in [-0.15, -0.1) is 0 Å². The third-order valence-electron chi connectivity index (χ3n) is 2.46. The number of aliphatic hydroxyl groups excluding tert-OH is 1. The van der Waals surface area contributed by atoms with E-state index in [4.69, 9.17) is 11.6 Å². The molecule has 0 aliphatic carbocycles. The average Bonchev–Trinajstić information content (AvgIpc) is 2.34. The first kappa shape index (κ1) is 12.6. The number of aromatic nitrogens is 1. The smallest absolute Gasteiger partial charge is 0.1000 e. The van der Waals surface area contributed by atoms with E-state index in [0.717, 1.165) is 10.0 Å². The number of hydrogen-bond donors (Lipinski definition) is 1. The molecule has 2 aromatic rings. The fraction of sp³-hybridized carbons (Fsp3) is 0.154. The second-order valence-electron chi connectivity index (χ2n) is 3.71. The maximum Gasteiger partial charge on any atom is 0.1000 e. The van der Waals surface area contributed by atoms with Crippen molar-refractivity contribution in [3.05, 3.63) is 63.3 Å². The van der Waals surface area contributed by atoms with Crippen molar-refractivity contribution in [1.29, 1.82) is 0 Å². The van der Waals surface area contributed by atoms with Crippen molar-refractivity contribution in [1.82, 2.24) is 4.98 Å². The number of pyridine rings is 1. The number of halogens is 2. The van der Waals surface area contributed by atoms with Crippen LogP contribution in [0.25, 0.3) is 0 Å². The lowest BCUT2D eigenvalue weighted by molar-refractivity contribution is 0.173. The fourth-order valence-electron chi connectivity index (χ4n) is 1.57. The van der Waals surface area contributed by atoms with Crippen LogP contribution in [0.4, 0.5) is 0 Å². The van der Waals surface area contributed by atoms with Crippen LogP contribution in [-0.2, 0) is 6.42 Å². The molecule has 0 fully saturated rings. The van der Waals surface area contributed by atoms with Gasteiger partial charge in [0.1, 0.15) is 0 Å². The number of hydrogen-bond acceptors (Lipinski definition) is 2. The predicted octanol–water partition coefficient (Wildman–Crippen LogP) is 3.77. The molecule has 1 unspecified atom stereocenters. The van der Waals surface area contributed by atoms with E-state index in [9.17, 15) is 5.11 Å². The Balaban J connectivity index is 2.16. The van der Waals surface area contributed by atoms with E-state index in [1.165, 1.54) is 0 Å². The second-order valence-corrected chi connectivity index (χ2v) is 5.03. The molecular weight excluding hydrogens is 302 g/mol. The second kappa shape index (κ2) is 5.63. The van der Waals surface area contributed by atoms with Crippen molar-refractivity contribution in [2.45, 2.75) is 12.5 Å². The Morgan fingerprint density at radius 3 is 2.76 bits per heavy atom. The lowest BCUT2D eigenvalue weighted by atomic mass is 10.1. The monoisotopic (exact) mass is 311 g/mol. The zero-order valence-corrected chi connectivity index (χ0v) is 11.3. The Labute approximate surface area is 113 Å². The van der Waals surface area contributed by atoms with Crippen LogP contribution in [-0.4, -0.2) is 10.1 Å². The van der Waals surface area contributed by atoms with Crippen molar-refractivity contribution < 1.29 is 5.11 Å². The fourth-order valence-corrected chi connectivity index (χ4v) is 2.32. The molecule has 2 rings (SSSR count). The van der Waals surface area contributed by atoms with Gasteiger partial charge < -0.3 is 5.11 Å². The summed E-state index contributed by atoms with van der Waals surface area (Å²) in [5.74, 6) is 0. The first-order chi connectivity index (χ1) is 8.16. The molecule has 0 radical (unpaired) electrons. The molecular formula is C13H11BrClNO. The summed E-state index contributed by atoms with van der Waals surface area (Å²) in [5, 5.41) is 10.7. The Hall–Kier alpha value is -0.900. The van der Waals surface area contributed by atoms with Crippen LogP contribution >= 0.6 is 27.5 Å². The summed E-state index contributed by atoms with van der Waals surface area (Å²) in [7, 11) is 0. The van der Waals surface area contributed by atoms with Crippen molar-refractivity contribution in [3.8, 4) is 0 Å². The molecule has 1 atom stereocenters. The normalized spacial score (nSPS) is 12.4. The summed E-state index contributed by atoms with van der Waals surface area (Å²) < 4.78 is 0.929. The zero-order chi connectivity index (χ0) is 12.3. The molecule has 2 nitrogen and oxygen atoms in total. The van der Waals surface area contributed by atoms with Gasteiger partial charge >= 0.3 is 0 Å². The number of rotatable bonds is 3. The van der Waals surface area contributed by atoms with Gasteiger partial charge in [-0.2, -0.15) is 0 Å². The van der Waals surface area contributed by atoms with E-state index in [0.29, 0.717) is 17.1 Å². The molecule has 1 heterocycles. The average molecular weight is 313 g/mol. The molecule has 0 bridgehead atoms. The van der Waals surface area contributed by atoms with Crippen molar-refractivity contribution in [2.75, 3.05) is 0 Å². The molecule has 17 heavy (non-hydrogen) atoms. The van der Waals surface area contributed by atoms with E-state index in [1.807, 2.05) is 30.3 Å². The molecule has 0 aliphatic heterocycles. The van der Waals surface area contributed by atoms with Gasteiger partial charge in [-0.05, 0) is 29.8 Å². The van der Waals surface area contributed by atoms with Gasteiger partial charge in [0.05, 0.1) is 11.8 Å².